The van der Waals surface area contributed by atoms with Gasteiger partial charge in [-0.1, -0.05) is 16.8 Å². The largest absolute Gasteiger partial charge is 0.369 e. The Hall–Kier alpha value is -2.50. The maximum absolute atomic E-state index is 12.5. The average molecular weight is 453 g/mol. The molecule has 0 bridgehead atoms. The van der Waals surface area contributed by atoms with Crippen LogP contribution >= 0.6 is 22.9 Å². The predicted octanol–water partition coefficient (Wildman–Crippen LogP) is 2.63. The maximum atomic E-state index is 12.5. The number of rotatable bonds is 3. The fourth-order valence-electron chi connectivity index (χ4n) is 3.05. The summed E-state index contributed by atoms with van der Waals surface area (Å²) in [6.45, 7) is 3.44. The van der Waals surface area contributed by atoms with Crippen molar-refractivity contribution in [1.29, 1.82) is 0 Å². The van der Waals surface area contributed by atoms with Gasteiger partial charge in [0.05, 0.1) is 15.7 Å². The van der Waals surface area contributed by atoms with Gasteiger partial charge in [-0.3, -0.25) is 4.98 Å². The lowest BCUT2D eigenvalue weighted by atomic mass is 10.0. The highest BCUT2D eigenvalue weighted by molar-refractivity contribution is 7.89. The van der Waals surface area contributed by atoms with E-state index in [1.807, 2.05) is 12.1 Å². The van der Waals surface area contributed by atoms with E-state index in [2.05, 4.69) is 20.1 Å². The van der Waals surface area contributed by atoms with E-state index in [0.717, 1.165) is 14.7 Å². The van der Waals surface area contributed by atoms with Crippen molar-refractivity contribution in [3.63, 3.8) is 0 Å². The summed E-state index contributed by atoms with van der Waals surface area (Å²) < 4.78 is 31.1. The van der Waals surface area contributed by atoms with Gasteiger partial charge in [-0.25, -0.2) is 17.7 Å². The normalized spacial score (nSPS) is 21.2. The van der Waals surface area contributed by atoms with Gasteiger partial charge in [0.2, 0.25) is 16.0 Å². The summed E-state index contributed by atoms with van der Waals surface area (Å²) >= 11 is 7.85. The number of aliphatic imine (C=N–C) groups is 1. The first-order chi connectivity index (χ1) is 13.6. The molecule has 1 atom stereocenters. The molecule has 1 aliphatic heterocycles. The van der Waals surface area contributed by atoms with Crippen molar-refractivity contribution >= 4 is 38.9 Å². The fourth-order valence-corrected chi connectivity index (χ4v) is 6.21. The molecule has 3 aromatic rings. The van der Waals surface area contributed by atoms with Crippen molar-refractivity contribution in [3.8, 4) is 22.0 Å². The molecule has 0 amide bonds. The molecule has 0 saturated heterocycles. The van der Waals surface area contributed by atoms with Gasteiger partial charge in [-0.15, -0.1) is 11.3 Å². The first kappa shape index (κ1) is 19.8. The summed E-state index contributed by atoms with van der Waals surface area (Å²) in [6.07, 6.45) is 1.63. The van der Waals surface area contributed by atoms with E-state index in [1.165, 1.54) is 18.4 Å². The number of hydrogen-bond donors (Lipinski definition) is 1. The zero-order chi connectivity index (χ0) is 21.0. The highest BCUT2D eigenvalue weighted by atomic mass is 35.5. The van der Waals surface area contributed by atoms with E-state index in [4.69, 9.17) is 21.9 Å². The number of nitrogens with two attached hydrogens (primary N) is 1. The van der Waals surface area contributed by atoms with E-state index in [1.54, 1.807) is 26.1 Å². The quantitative estimate of drug-likeness (QED) is 0.646. The third kappa shape index (κ3) is 3.49. The van der Waals surface area contributed by atoms with Crippen LogP contribution in [-0.4, -0.2) is 46.6 Å². The highest BCUT2D eigenvalue weighted by Gasteiger charge is 2.42. The van der Waals surface area contributed by atoms with Gasteiger partial charge in [0.15, 0.2) is 5.82 Å². The van der Waals surface area contributed by atoms with Crippen LogP contribution in [0, 0.1) is 6.92 Å². The first-order valence-corrected chi connectivity index (χ1v) is 11.3. The minimum atomic E-state index is -3.59. The molecular formula is C17H17ClN6O3S2. The Morgan fingerprint density at radius 3 is 2.79 bits per heavy atom. The molecule has 0 radical (unpaired) electrons. The minimum Gasteiger partial charge on any atom is -0.369 e. The van der Waals surface area contributed by atoms with Crippen LogP contribution in [0.5, 0.6) is 0 Å². The molecular weight excluding hydrogens is 436 g/mol. The molecule has 0 spiro atoms. The van der Waals surface area contributed by atoms with Crippen LogP contribution in [0.2, 0.25) is 5.02 Å². The van der Waals surface area contributed by atoms with Gasteiger partial charge in [-0.2, -0.15) is 4.98 Å². The highest BCUT2D eigenvalue weighted by Crippen LogP contribution is 2.44. The van der Waals surface area contributed by atoms with E-state index >= 15 is 0 Å². The Balaban J connectivity index is 1.76. The second-order valence-corrected chi connectivity index (χ2v) is 10.3. The molecule has 29 heavy (non-hydrogen) atoms. The van der Waals surface area contributed by atoms with Crippen LogP contribution in [0.15, 0.2) is 33.9 Å². The molecule has 2 N–H and O–H groups in total. The standard InChI is InChI=1S/C17H17ClN6O3S2/c1-9-21-15(27-23-9)12-6-10(4-5-20-12)13-7-11(18)14(28-13)17(2)8-29(25,26)24(3)16(19)22-17/h4-7H,8H2,1-3H3,(H2,19,22). The van der Waals surface area contributed by atoms with Crippen molar-refractivity contribution < 1.29 is 12.9 Å². The molecule has 0 aliphatic carbocycles. The van der Waals surface area contributed by atoms with Crippen molar-refractivity contribution in [2.45, 2.75) is 19.4 Å². The Morgan fingerprint density at radius 2 is 2.14 bits per heavy atom. The molecule has 1 unspecified atom stereocenters. The number of sulfonamides is 1. The molecule has 9 nitrogen and oxygen atoms in total. The third-order valence-corrected chi connectivity index (χ3v) is 8.33. The van der Waals surface area contributed by atoms with Crippen LogP contribution in [0.4, 0.5) is 0 Å². The van der Waals surface area contributed by atoms with E-state index in [0.29, 0.717) is 27.3 Å². The Morgan fingerprint density at radius 1 is 1.38 bits per heavy atom. The molecule has 12 heteroatoms. The Bertz CT molecular complexity index is 1240. The number of halogens is 1. The molecule has 4 heterocycles. The van der Waals surface area contributed by atoms with E-state index in [-0.39, 0.29) is 11.7 Å². The second-order valence-electron chi connectivity index (χ2n) is 6.83. The number of nitrogens with zero attached hydrogens (tertiary/aromatic N) is 5. The topological polar surface area (TPSA) is 128 Å². The summed E-state index contributed by atoms with van der Waals surface area (Å²) in [7, 11) is -2.21. The predicted molar refractivity (Wildman–Crippen MR) is 111 cm³/mol. The van der Waals surface area contributed by atoms with Gasteiger partial charge in [0.25, 0.3) is 5.89 Å². The lowest BCUT2D eigenvalue weighted by Gasteiger charge is -2.33. The number of guanidine groups is 1. The lowest BCUT2D eigenvalue weighted by molar-refractivity contribution is 0.424. The number of hydrogen-bond acceptors (Lipinski definition) is 9. The van der Waals surface area contributed by atoms with Gasteiger partial charge in [0, 0.05) is 18.1 Å². The SMILES string of the molecule is Cc1noc(-c2cc(-c3cc(Cl)c(C4(C)CS(=O)(=O)N(C)C(N)=N4)s3)ccn2)n1. The molecule has 1 aliphatic rings. The second kappa shape index (κ2) is 6.78. The lowest BCUT2D eigenvalue weighted by Crippen LogP contribution is -2.50. The first-order valence-electron chi connectivity index (χ1n) is 8.48. The summed E-state index contributed by atoms with van der Waals surface area (Å²) in [5.41, 5.74) is 6.14. The number of thiophene rings is 1. The zero-order valence-electron chi connectivity index (χ0n) is 15.7. The maximum Gasteiger partial charge on any atom is 0.276 e. The molecule has 0 aromatic carbocycles. The van der Waals surface area contributed by atoms with Crippen molar-refractivity contribution in [2.24, 2.45) is 10.7 Å². The van der Waals surface area contributed by atoms with Gasteiger partial charge in [0.1, 0.15) is 11.2 Å². The average Bonchev–Trinajstić information content (AvgIpc) is 3.26. The van der Waals surface area contributed by atoms with Crippen LogP contribution < -0.4 is 5.73 Å². The molecule has 0 saturated carbocycles. The summed E-state index contributed by atoms with van der Waals surface area (Å²) in [4.78, 5) is 14.3. The summed E-state index contributed by atoms with van der Waals surface area (Å²) in [5, 5.41) is 4.21. The fraction of sp³-hybridized carbons (Fsp3) is 0.294. The smallest absolute Gasteiger partial charge is 0.276 e. The van der Waals surface area contributed by atoms with Crippen LogP contribution in [0.1, 0.15) is 17.6 Å². The summed E-state index contributed by atoms with van der Waals surface area (Å²) in [5.74, 6) is 0.543. The number of aryl methyl sites for hydroxylation is 1. The van der Waals surface area contributed by atoms with Crippen molar-refractivity contribution in [3.05, 3.63) is 40.1 Å². The number of pyridine rings is 1. The minimum absolute atomic E-state index is 0.0669. The van der Waals surface area contributed by atoms with Crippen molar-refractivity contribution in [2.75, 3.05) is 12.8 Å². The van der Waals surface area contributed by atoms with Crippen LogP contribution in [0.25, 0.3) is 22.0 Å². The number of aromatic nitrogens is 3. The Labute approximate surface area is 176 Å². The molecule has 4 rings (SSSR count). The van der Waals surface area contributed by atoms with Gasteiger partial charge < -0.3 is 10.3 Å². The van der Waals surface area contributed by atoms with Crippen molar-refractivity contribution in [1.82, 2.24) is 19.4 Å². The monoisotopic (exact) mass is 452 g/mol. The van der Waals surface area contributed by atoms with Crippen LogP contribution in [-0.2, 0) is 15.6 Å². The third-order valence-electron chi connectivity index (χ3n) is 4.53. The van der Waals surface area contributed by atoms with E-state index < -0.39 is 15.6 Å². The molecule has 152 valence electrons. The van der Waals surface area contributed by atoms with Gasteiger partial charge >= 0.3 is 0 Å². The zero-order valence-corrected chi connectivity index (χ0v) is 18.1. The Kier molecular flexibility index (Phi) is 4.63. The van der Waals surface area contributed by atoms with Crippen LogP contribution in [0.3, 0.4) is 0 Å². The summed E-state index contributed by atoms with van der Waals surface area (Å²) in [6, 6.07) is 5.41. The molecule has 3 aromatic heterocycles. The van der Waals surface area contributed by atoms with Gasteiger partial charge in [-0.05, 0) is 37.6 Å². The molecule has 0 fully saturated rings. The van der Waals surface area contributed by atoms with E-state index in [9.17, 15) is 8.42 Å².